The smallest absolute Gasteiger partial charge is 0.304 e. The van der Waals surface area contributed by atoms with Crippen molar-refractivity contribution in [3.8, 4) is 17.6 Å². The standard InChI is InChI=1S/C23H25NO4/c1-5-6-19(14-22(25)26)18-7-9-20(10-8-18)24-23(27)17(4)28-21-12-15(2)11-16(3)13-21/h7-13,17,19H,14H2,1-4H3,(H,24,27)(H,25,26). The number of ether oxygens (including phenoxy) is 1. The molecule has 0 aliphatic rings. The molecule has 0 aromatic heterocycles. The summed E-state index contributed by atoms with van der Waals surface area (Å²) < 4.78 is 5.75. The second-order valence-electron chi connectivity index (χ2n) is 6.74. The second kappa shape index (κ2) is 9.61. The molecule has 28 heavy (non-hydrogen) atoms. The number of benzene rings is 2. The van der Waals surface area contributed by atoms with Crippen molar-refractivity contribution in [2.45, 2.75) is 46.1 Å². The van der Waals surface area contributed by atoms with Crippen molar-refractivity contribution >= 4 is 17.6 Å². The van der Waals surface area contributed by atoms with Crippen molar-refractivity contribution in [1.82, 2.24) is 0 Å². The summed E-state index contributed by atoms with van der Waals surface area (Å²) in [5.74, 6) is 4.79. The van der Waals surface area contributed by atoms with Crippen LogP contribution in [0.2, 0.25) is 0 Å². The van der Waals surface area contributed by atoms with Crippen LogP contribution in [-0.2, 0) is 9.59 Å². The van der Waals surface area contributed by atoms with E-state index >= 15 is 0 Å². The van der Waals surface area contributed by atoms with Gasteiger partial charge in [0, 0.05) is 5.69 Å². The van der Waals surface area contributed by atoms with Crippen LogP contribution in [0.4, 0.5) is 5.69 Å². The molecule has 0 saturated heterocycles. The van der Waals surface area contributed by atoms with E-state index in [1.165, 1.54) is 0 Å². The lowest BCUT2D eigenvalue weighted by Gasteiger charge is -2.16. The average Bonchev–Trinajstić information content (AvgIpc) is 2.60. The van der Waals surface area contributed by atoms with Crippen LogP contribution in [0, 0.1) is 25.7 Å². The van der Waals surface area contributed by atoms with Gasteiger partial charge in [-0.25, -0.2) is 0 Å². The maximum Gasteiger partial charge on any atom is 0.304 e. The molecule has 0 bridgehead atoms. The van der Waals surface area contributed by atoms with Crippen LogP contribution < -0.4 is 10.1 Å². The maximum absolute atomic E-state index is 12.4. The topological polar surface area (TPSA) is 75.6 Å². The maximum atomic E-state index is 12.4. The summed E-state index contributed by atoms with van der Waals surface area (Å²) in [4.78, 5) is 23.4. The number of anilines is 1. The van der Waals surface area contributed by atoms with Crippen LogP contribution in [-0.4, -0.2) is 23.1 Å². The lowest BCUT2D eigenvalue weighted by atomic mass is 9.96. The molecule has 0 aliphatic carbocycles. The van der Waals surface area contributed by atoms with E-state index in [0.717, 1.165) is 16.7 Å². The van der Waals surface area contributed by atoms with E-state index in [1.54, 1.807) is 38.1 Å². The number of carbonyl (C=O) groups is 2. The number of rotatable bonds is 7. The number of carboxylic acid groups (broad SMARTS) is 1. The quantitative estimate of drug-likeness (QED) is 0.704. The number of carbonyl (C=O) groups excluding carboxylic acids is 1. The molecule has 2 unspecified atom stereocenters. The summed E-state index contributed by atoms with van der Waals surface area (Å²) >= 11 is 0. The highest BCUT2D eigenvalue weighted by molar-refractivity contribution is 5.94. The Labute approximate surface area is 165 Å². The van der Waals surface area contributed by atoms with Crippen molar-refractivity contribution in [2.24, 2.45) is 0 Å². The van der Waals surface area contributed by atoms with Gasteiger partial charge in [-0.1, -0.05) is 24.1 Å². The Hall–Kier alpha value is -3.26. The second-order valence-corrected chi connectivity index (χ2v) is 6.74. The third-order valence-electron chi connectivity index (χ3n) is 4.16. The van der Waals surface area contributed by atoms with Crippen LogP contribution in [0.15, 0.2) is 42.5 Å². The Bertz CT molecular complexity index is 886. The molecule has 5 nitrogen and oxygen atoms in total. The van der Waals surface area contributed by atoms with Crippen molar-refractivity contribution in [1.29, 1.82) is 0 Å². The monoisotopic (exact) mass is 379 g/mol. The minimum atomic E-state index is -0.900. The zero-order valence-corrected chi connectivity index (χ0v) is 16.6. The minimum Gasteiger partial charge on any atom is -0.481 e. The Kier molecular flexibility index (Phi) is 7.22. The molecule has 1 amide bonds. The number of aryl methyl sites for hydroxylation is 2. The van der Waals surface area contributed by atoms with E-state index in [0.29, 0.717) is 11.4 Å². The average molecular weight is 379 g/mol. The third-order valence-corrected chi connectivity index (χ3v) is 4.16. The van der Waals surface area contributed by atoms with Gasteiger partial charge in [0.25, 0.3) is 5.91 Å². The van der Waals surface area contributed by atoms with Crippen LogP contribution in [0.3, 0.4) is 0 Å². The van der Waals surface area contributed by atoms with E-state index in [4.69, 9.17) is 9.84 Å². The first-order chi connectivity index (χ1) is 13.3. The van der Waals surface area contributed by atoms with E-state index in [9.17, 15) is 9.59 Å². The molecule has 146 valence electrons. The van der Waals surface area contributed by atoms with Gasteiger partial charge in [-0.2, -0.15) is 0 Å². The molecule has 2 aromatic rings. The first-order valence-electron chi connectivity index (χ1n) is 9.08. The highest BCUT2D eigenvalue weighted by Crippen LogP contribution is 2.22. The number of hydrogen-bond acceptors (Lipinski definition) is 3. The highest BCUT2D eigenvalue weighted by atomic mass is 16.5. The molecule has 0 spiro atoms. The van der Waals surface area contributed by atoms with Gasteiger partial charge in [0.05, 0.1) is 12.3 Å². The molecule has 0 heterocycles. The molecule has 0 saturated carbocycles. The largest absolute Gasteiger partial charge is 0.481 e. The van der Waals surface area contributed by atoms with Gasteiger partial charge in [0.1, 0.15) is 5.75 Å². The number of hydrogen-bond donors (Lipinski definition) is 2. The van der Waals surface area contributed by atoms with Gasteiger partial charge >= 0.3 is 5.97 Å². The number of nitrogens with one attached hydrogen (secondary N) is 1. The normalized spacial score (nSPS) is 12.3. The van der Waals surface area contributed by atoms with Crippen LogP contribution in [0.5, 0.6) is 5.75 Å². The van der Waals surface area contributed by atoms with E-state index in [1.807, 2.05) is 32.0 Å². The predicted molar refractivity (Wildman–Crippen MR) is 110 cm³/mol. The zero-order valence-electron chi connectivity index (χ0n) is 16.6. The summed E-state index contributed by atoms with van der Waals surface area (Å²) in [6, 6.07) is 12.9. The molecular formula is C23H25NO4. The molecule has 2 rings (SSSR count). The van der Waals surface area contributed by atoms with Crippen LogP contribution >= 0.6 is 0 Å². The van der Waals surface area contributed by atoms with E-state index in [2.05, 4.69) is 17.2 Å². The molecule has 2 aromatic carbocycles. The molecule has 0 fully saturated rings. The number of carboxylic acids is 1. The van der Waals surface area contributed by atoms with Crippen molar-refractivity contribution < 1.29 is 19.4 Å². The van der Waals surface area contributed by atoms with Crippen molar-refractivity contribution in [2.75, 3.05) is 5.32 Å². The van der Waals surface area contributed by atoms with Crippen molar-refractivity contribution in [3.63, 3.8) is 0 Å². The van der Waals surface area contributed by atoms with Gasteiger partial charge in [-0.15, -0.1) is 5.92 Å². The van der Waals surface area contributed by atoms with Gasteiger partial charge in [0.2, 0.25) is 0 Å². The summed E-state index contributed by atoms with van der Waals surface area (Å²) in [5.41, 5.74) is 3.56. The lowest BCUT2D eigenvalue weighted by molar-refractivity contribution is -0.137. The van der Waals surface area contributed by atoms with Gasteiger partial charge in [0.15, 0.2) is 6.10 Å². The van der Waals surface area contributed by atoms with Crippen LogP contribution in [0.1, 0.15) is 42.9 Å². The molecule has 2 atom stereocenters. The fraction of sp³-hybridized carbons (Fsp3) is 0.304. The Balaban J connectivity index is 2.02. The van der Waals surface area contributed by atoms with Gasteiger partial charge < -0.3 is 15.2 Å². The number of aliphatic carboxylic acids is 1. The molecular weight excluding hydrogens is 354 g/mol. The summed E-state index contributed by atoms with van der Waals surface area (Å²) in [7, 11) is 0. The SMILES string of the molecule is CC#CC(CC(=O)O)c1ccc(NC(=O)C(C)Oc2cc(C)cc(C)c2)cc1. The van der Waals surface area contributed by atoms with Gasteiger partial charge in [-0.3, -0.25) is 9.59 Å². The molecule has 5 heteroatoms. The Morgan fingerprint density at radius 2 is 1.71 bits per heavy atom. The molecule has 0 radical (unpaired) electrons. The third kappa shape index (κ3) is 6.17. The first-order valence-corrected chi connectivity index (χ1v) is 9.08. The lowest BCUT2D eigenvalue weighted by Crippen LogP contribution is -2.30. The summed E-state index contributed by atoms with van der Waals surface area (Å²) in [6.45, 7) is 7.33. The summed E-state index contributed by atoms with van der Waals surface area (Å²) in [5, 5.41) is 11.8. The summed E-state index contributed by atoms with van der Waals surface area (Å²) in [6.07, 6.45) is -0.723. The fourth-order valence-electron chi connectivity index (χ4n) is 2.90. The fourth-order valence-corrected chi connectivity index (χ4v) is 2.90. The minimum absolute atomic E-state index is 0.0622. The van der Waals surface area contributed by atoms with E-state index < -0.39 is 12.1 Å². The van der Waals surface area contributed by atoms with E-state index in [-0.39, 0.29) is 18.2 Å². The van der Waals surface area contributed by atoms with Gasteiger partial charge in [-0.05, 0) is 68.7 Å². The number of amides is 1. The first kappa shape index (κ1) is 21.0. The Morgan fingerprint density at radius 1 is 1.11 bits per heavy atom. The highest BCUT2D eigenvalue weighted by Gasteiger charge is 2.16. The Morgan fingerprint density at radius 3 is 2.25 bits per heavy atom. The van der Waals surface area contributed by atoms with Crippen LogP contribution in [0.25, 0.3) is 0 Å². The van der Waals surface area contributed by atoms with Crippen molar-refractivity contribution in [3.05, 3.63) is 59.2 Å². The molecule has 2 N–H and O–H groups in total. The zero-order chi connectivity index (χ0) is 20.7. The molecule has 0 aliphatic heterocycles. The predicted octanol–water partition coefficient (Wildman–Crippen LogP) is 4.29.